The fraction of sp³-hybridized carbons (Fsp3) is 1.00. The lowest BCUT2D eigenvalue weighted by molar-refractivity contribution is -0.000865. The molecule has 1 aliphatic heterocycles. The maximum absolute atomic E-state index is 5.64. The fourth-order valence-corrected chi connectivity index (χ4v) is 2.60. The van der Waals surface area contributed by atoms with Gasteiger partial charge in [0.25, 0.3) is 0 Å². The normalized spacial score (nSPS) is 18.9. The van der Waals surface area contributed by atoms with E-state index in [-0.39, 0.29) is 5.60 Å². The molecule has 1 N–H and O–H groups in total. The molecule has 0 atom stereocenters. The molecule has 0 amide bonds. The van der Waals surface area contributed by atoms with Gasteiger partial charge in [0.1, 0.15) is 0 Å². The van der Waals surface area contributed by atoms with Crippen LogP contribution < -0.4 is 5.32 Å². The van der Waals surface area contributed by atoms with E-state index in [1.54, 1.807) is 0 Å². The van der Waals surface area contributed by atoms with Crippen molar-refractivity contribution < 1.29 is 4.74 Å². The molecule has 1 heterocycles. The molecule has 0 bridgehead atoms. The summed E-state index contributed by atoms with van der Waals surface area (Å²) >= 11 is 2.07. The number of nitrogens with zero attached hydrogens (tertiary/aromatic N) is 1. The van der Waals surface area contributed by atoms with Crippen LogP contribution in [0.5, 0.6) is 0 Å². The molecule has 0 saturated carbocycles. The van der Waals surface area contributed by atoms with Gasteiger partial charge in [0.2, 0.25) is 0 Å². The first-order valence-corrected chi connectivity index (χ1v) is 7.38. The number of rotatable bonds is 6. The molecule has 3 nitrogen and oxygen atoms in total. The molecule has 16 heavy (non-hydrogen) atoms. The van der Waals surface area contributed by atoms with Crippen LogP contribution in [0.2, 0.25) is 0 Å². The molecule has 1 rings (SSSR count). The Morgan fingerprint density at radius 3 is 2.50 bits per heavy atom. The third-order valence-electron chi connectivity index (χ3n) is 2.52. The van der Waals surface area contributed by atoms with Crippen molar-refractivity contribution >= 4 is 11.8 Å². The van der Waals surface area contributed by atoms with Crippen LogP contribution in [-0.2, 0) is 4.74 Å². The quantitative estimate of drug-likeness (QED) is 0.717. The van der Waals surface area contributed by atoms with Crippen molar-refractivity contribution in [2.24, 2.45) is 0 Å². The zero-order valence-electron chi connectivity index (χ0n) is 10.9. The smallest absolute Gasteiger partial charge is 0.0599 e. The van der Waals surface area contributed by atoms with Crippen LogP contribution in [0.1, 0.15) is 20.8 Å². The average Bonchev–Trinajstić information content (AvgIpc) is 2.23. The zero-order chi connectivity index (χ0) is 11.9. The van der Waals surface area contributed by atoms with E-state index >= 15 is 0 Å². The van der Waals surface area contributed by atoms with Gasteiger partial charge in [-0.2, -0.15) is 11.8 Å². The molecular weight excluding hydrogens is 220 g/mol. The van der Waals surface area contributed by atoms with Gasteiger partial charge in [0, 0.05) is 44.2 Å². The minimum Gasteiger partial charge on any atom is -0.375 e. The highest BCUT2D eigenvalue weighted by Gasteiger charge is 2.10. The molecule has 1 saturated heterocycles. The van der Waals surface area contributed by atoms with Crippen molar-refractivity contribution in [3.63, 3.8) is 0 Å². The number of thioether (sulfide) groups is 1. The summed E-state index contributed by atoms with van der Waals surface area (Å²) < 4.78 is 5.64. The number of hydrogen-bond donors (Lipinski definition) is 1. The van der Waals surface area contributed by atoms with Gasteiger partial charge in [-0.05, 0) is 20.8 Å². The molecule has 0 aromatic heterocycles. The van der Waals surface area contributed by atoms with Crippen molar-refractivity contribution in [2.75, 3.05) is 50.8 Å². The summed E-state index contributed by atoms with van der Waals surface area (Å²) in [7, 11) is 0. The minimum absolute atomic E-state index is 0.00816. The Morgan fingerprint density at radius 1 is 1.19 bits per heavy atom. The van der Waals surface area contributed by atoms with Crippen LogP contribution in [-0.4, -0.2) is 61.3 Å². The second-order valence-electron chi connectivity index (χ2n) is 5.16. The summed E-state index contributed by atoms with van der Waals surface area (Å²) in [5, 5.41) is 3.43. The molecule has 1 fully saturated rings. The van der Waals surface area contributed by atoms with Crippen LogP contribution in [0.4, 0.5) is 0 Å². The highest BCUT2D eigenvalue weighted by Crippen LogP contribution is 2.08. The minimum atomic E-state index is -0.00816. The van der Waals surface area contributed by atoms with E-state index in [4.69, 9.17) is 4.74 Å². The van der Waals surface area contributed by atoms with Gasteiger partial charge in [-0.15, -0.1) is 0 Å². The van der Waals surface area contributed by atoms with Gasteiger partial charge in [0.05, 0.1) is 12.2 Å². The largest absolute Gasteiger partial charge is 0.375 e. The monoisotopic (exact) mass is 246 g/mol. The Morgan fingerprint density at radius 2 is 1.88 bits per heavy atom. The highest BCUT2D eigenvalue weighted by molar-refractivity contribution is 7.99. The van der Waals surface area contributed by atoms with Crippen molar-refractivity contribution in [1.82, 2.24) is 10.2 Å². The van der Waals surface area contributed by atoms with E-state index in [1.807, 2.05) is 0 Å². The molecule has 0 radical (unpaired) electrons. The molecule has 0 unspecified atom stereocenters. The molecule has 0 spiro atoms. The topological polar surface area (TPSA) is 24.5 Å². The van der Waals surface area contributed by atoms with E-state index in [9.17, 15) is 0 Å². The highest BCUT2D eigenvalue weighted by atomic mass is 32.2. The van der Waals surface area contributed by atoms with Gasteiger partial charge < -0.3 is 15.0 Å². The second-order valence-corrected chi connectivity index (χ2v) is 6.39. The summed E-state index contributed by atoms with van der Waals surface area (Å²) in [6.07, 6.45) is 0. The summed E-state index contributed by atoms with van der Waals surface area (Å²) in [5.74, 6) is 2.60. The molecule has 1 aliphatic rings. The van der Waals surface area contributed by atoms with E-state index < -0.39 is 0 Å². The summed E-state index contributed by atoms with van der Waals surface area (Å²) in [4.78, 5) is 2.54. The van der Waals surface area contributed by atoms with E-state index in [0.717, 1.165) is 19.7 Å². The van der Waals surface area contributed by atoms with Crippen molar-refractivity contribution in [1.29, 1.82) is 0 Å². The van der Waals surface area contributed by atoms with Crippen LogP contribution in [0, 0.1) is 0 Å². The summed E-state index contributed by atoms with van der Waals surface area (Å²) in [6.45, 7) is 12.8. The van der Waals surface area contributed by atoms with Gasteiger partial charge >= 0.3 is 0 Å². The van der Waals surface area contributed by atoms with Gasteiger partial charge in [-0.25, -0.2) is 0 Å². The lowest BCUT2D eigenvalue weighted by atomic mass is 10.2. The lowest BCUT2D eigenvalue weighted by Crippen LogP contribution is -2.38. The predicted molar refractivity (Wildman–Crippen MR) is 72.3 cm³/mol. The van der Waals surface area contributed by atoms with Gasteiger partial charge in [-0.3, -0.25) is 0 Å². The molecule has 4 heteroatoms. The predicted octanol–water partition coefficient (Wildman–Crippen LogP) is 1.44. The van der Waals surface area contributed by atoms with Crippen LogP contribution in [0.25, 0.3) is 0 Å². The van der Waals surface area contributed by atoms with E-state index in [1.165, 1.54) is 31.1 Å². The summed E-state index contributed by atoms with van der Waals surface area (Å²) in [6, 6.07) is 0. The maximum atomic E-state index is 5.64. The first-order valence-electron chi connectivity index (χ1n) is 6.23. The fourth-order valence-electron chi connectivity index (χ4n) is 1.62. The molecule has 0 aromatic carbocycles. The van der Waals surface area contributed by atoms with Crippen LogP contribution in [0.15, 0.2) is 0 Å². The van der Waals surface area contributed by atoms with Crippen LogP contribution >= 0.6 is 11.8 Å². The first-order chi connectivity index (χ1) is 7.58. The SMILES string of the molecule is CC(C)(C)OCCNCCN1CCSCC1. The standard InChI is InChI=1S/C12H26N2OS/c1-12(2,3)15-9-5-13-4-6-14-7-10-16-11-8-14/h13H,4-11H2,1-3H3. The van der Waals surface area contributed by atoms with E-state index in [2.05, 4.69) is 42.7 Å². The first kappa shape index (κ1) is 14.3. The zero-order valence-corrected chi connectivity index (χ0v) is 11.7. The van der Waals surface area contributed by atoms with Gasteiger partial charge in [-0.1, -0.05) is 0 Å². The Kier molecular flexibility index (Phi) is 6.73. The Balaban J connectivity index is 1.87. The average molecular weight is 246 g/mol. The second kappa shape index (κ2) is 7.54. The van der Waals surface area contributed by atoms with Crippen molar-refractivity contribution in [3.8, 4) is 0 Å². The van der Waals surface area contributed by atoms with Gasteiger partial charge in [0.15, 0.2) is 0 Å². The molecular formula is C12H26N2OS. The van der Waals surface area contributed by atoms with Crippen molar-refractivity contribution in [2.45, 2.75) is 26.4 Å². The number of ether oxygens (including phenoxy) is 1. The Hall–Kier alpha value is 0.230. The molecule has 0 aromatic rings. The van der Waals surface area contributed by atoms with Crippen molar-refractivity contribution in [3.05, 3.63) is 0 Å². The maximum Gasteiger partial charge on any atom is 0.0599 e. The Labute approximate surface area is 104 Å². The third-order valence-corrected chi connectivity index (χ3v) is 3.46. The van der Waals surface area contributed by atoms with E-state index in [0.29, 0.717) is 0 Å². The molecule has 0 aliphatic carbocycles. The Bertz CT molecular complexity index is 176. The number of hydrogen-bond acceptors (Lipinski definition) is 4. The summed E-state index contributed by atoms with van der Waals surface area (Å²) in [5.41, 5.74) is -0.00816. The lowest BCUT2D eigenvalue weighted by Gasteiger charge is -2.26. The molecule has 96 valence electrons. The third kappa shape index (κ3) is 7.49. The van der Waals surface area contributed by atoms with Crippen LogP contribution in [0.3, 0.4) is 0 Å². The number of nitrogens with one attached hydrogen (secondary N) is 1.